The van der Waals surface area contributed by atoms with Gasteiger partial charge in [0.05, 0.1) is 123 Å². The number of anilines is 2. The van der Waals surface area contributed by atoms with E-state index in [1.54, 1.807) is 36.5 Å². The topological polar surface area (TPSA) is 375 Å². The highest BCUT2D eigenvalue weighted by Gasteiger charge is 2.44. The third-order valence-electron chi connectivity index (χ3n) is 15.1. The first-order chi connectivity index (χ1) is 44.6. The fourth-order valence-corrected chi connectivity index (χ4v) is 10.2. The molecule has 6 atom stereocenters. The van der Waals surface area contributed by atoms with Crippen LogP contribution in [0, 0.1) is 13.8 Å². The second-order valence-electron chi connectivity index (χ2n) is 21.9. The molecule has 2 aliphatic heterocycles. The van der Waals surface area contributed by atoms with Gasteiger partial charge in [0.1, 0.15) is 47.5 Å². The first kappa shape index (κ1) is 72.1. The summed E-state index contributed by atoms with van der Waals surface area (Å²) in [6, 6.07) is 18.2. The van der Waals surface area contributed by atoms with Crippen molar-refractivity contribution in [2.45, 2.75) is 103 Å². The highest BCUT2D eigenvalue weighted by Crippen LogP contribution is 2.43. The Morgan fingerprint density at radius 3 is 2.07 bits per heavy atom. The van der Waals surface area contributed by atoms with Crippen molar-refractivity contribution in [3.63, 3.8) is 0 Å². The first-order valence-corrected chi connectivity index (χ1v) is 31.3. The monoisotopic (exact) mass is 1280 g/mol. The van der Waals surface area contributed by atoms with Crippen molar-refractivity contribution in [2.75, 3.05) is 129 Å². The van der Waals surface area contributed by atoms with E-state index in [0.717, 1.165) is 34.3 Å². The van der Waals surface area contributed by atoms with Crippen molar-refractivity contribution in [1.82, 2.24) is 25.6 Å². The third kappa shape index (κ3) is 21.3. The number of ether oxygens (including phenoxy) is 8. The van der Waals surface area contributed by atoms with E-state index in [9.17, 15) is 44.7 Å². The molecule has 3 aliphatic rings. The molecule has 92 heavy (non-hydrogen) atoms. The normalized spacial score (nSPS) is 17.1. The average Bonchev–Trinajstić information content (AvgIpc) is 0.790. The van der Waals surface area contributed by atoms with Gasteiger partial charge in [-0.3, -0.25) is 19.4 Å². The maximum atomic E-state index is 14.2. The third-order valence-corrected chi connectivity index (χ3v) is 15.1. The largest absolute Gasteiger partial charge is 0.478 e. The molecular weight excluding hydrogens is 1190 g/mol. The quantitative estimate of drug-likeness (QED) is 0.0195. The van der Waals surface area contributed by atoms with E-state index in [1.807, 2.05) is 52.0 Å². The van der Waals surface area contributed by atoms with Crippen LogP contribution in [0.5, 0.6) is 0 Å². The number of carbonyl (C=O) groups excluding carboxylic acids is 3. The summed E-state index contributed by atoms with van der Waals surface area (Å²) in [6.45, 7) is 14.6. The SMILES string of the molecule is CCN=c1cc2oc3cc(NCC)c(C)cc3c(-c3cc(C(=O)NCc4cn([C@@H](CCCCNC(=O)CCOCCOCCOCCOCCOCCOCC[NH3+])C(=O)Nc5ccc(CCO[C@@H]6O[C@H](CO)[C@@H](O)[C@H](O)[C@H]6O)cc5)nn4)ccc3C(=O)O)c-2cc1C. The highest BCUT2D eigenvalue weighted by molar-refractivity contribution is 6.10. The van der Waals surface area contributed by atoms with Gasteiger partial charge in [0.15, 0.2) is 6.29 Å². The summed E-state index contributed by atoms with van der Waals surface area (Å²) in [4.78, 5) is 58.7. The van der Waals surface area contributed by atoms with Crippen LogP contribution in [0.3, 0.4) is 0 Å². The van der Waals surface area contributed by atoms with E-state index in [2.05, 4.69) is 42.3 Å². The average molecular weight is 1290 g/mol. The van der Waals surface area contributed by atoms with E-state index in [0.29, 0.717) is 156 Å². The number of aryl methyl sites for hydroxylation is 2. The standard InChI is InChI=1S/C65H89N9O18/c1-5-67-51-36-54-49(33-41(51)3)58(50-34-42(4)52(68-6-2)37-55(50)91-54)48-35-44(12-15-47(48)64(82)83)62(80)70-38-46-39-74(73-72-46)53(63(81)71-45-13-10-43(11-14-45)16-21-90-65-61(79)60(78)59(77)56(40-75)92-65)9-7-8-19-69-57(76)17-20-84-23-25-86-27-29-88-31-32-89-30-28-87-26-24-85-22-18-66/h10-15,33-37,39,53,56,59-61,65,67,75,77-79H,5-9,16-32,38,40,66H2,1-4H3,(H,69,76)(H,70,80)(H,71,81)(H,82,83)/p+1/t53-,56+,59+,60-,61+,65+/m0/s1. The van der Waals surface area contributed by atoms with Crippen molar-refractivity contribution in [2.24, 2.45) is 4.99 Å². The first-order valence-electron chi connectivity index (χ1n) is 31.3. The predicted octanol–water partition coefficient (Wildman–Crippen LogP) is 2.95. The zero-order valence-corrected chi connectivity index (χ0v) is 52.9. The van der Waals surface area contributed by atoms with Crippen LogP contribution in [0.25, 0.3) is 33.4 Å². The number of quaternary nitrogens is 1. The molecule has 3 aromatic carbocycles. The molecule has 0 bridgehead atoms. The molecule has 1 fully saturated rings. The Morgan fingerprint density at radius 2 is 1.42 bits per heavy atom. The molecule has 0 spiro atoms. The Labute approximate surface area is 534 Å². The van der Waals surface area contributed by atoms with Gasteiger partial charge >= 0.3 is 5.97 Å². The van der Waals surface area contributed by atoms with Crippen LogP contribution in [0.4, 0.5) is 11.4 Å². The van der Waals surface area contributed by atoms with Crippen LogP contribution in [0.15, 0.2) is 82.3 Å². The molecule has 0 saturated carbocycles. The summed E-state index contributed by atoms with van der Waals surface area (Å²) in [5, 5.41) is 73.0. The van der Waals surface area contributed by atoms with Gasteiger partial charge in [0, 0.05) is 71.6 Å². The lowest BCUT2D eigenvalue weighted by molar-refractivity contribution is -0.374. The lowest BCUT2D eigenvalue weighted by Gasteiger charge is -2.39. The number of amides is 3. The zero-order chi connectivity index (χ0) is 65.8. The van der Waals surface area contributed by atoms with Crippen molar-refractivity contribution < 1.29 is 92.8 Å². The highest BCUT2D eigenvalue weighted by atomic mass is 16.7. The molecule has 27 nitrogen and oxygen atoms in total. The molecular formula is C65H90N9O18+. The summed E-state index contributed by atoms with van der Waals surface area (Å²) < 4.78 is 51.9. The number of nitrogens with zero attached hydrogens (tertiary/aromatic N) is 4. The maximum Gasteiger partial charge on any atom is 0.336 e. The van der Waals surface area contributed by atoms with Gasteiger partial charge in [-0.15, -0.1) is 5.10 Å². The zero-order valence-electron chi connectivity index (χ0n) is 52.9. The van der Waals surface area contributed by atoms with Crippen LogP contribution < -0.4 is 32.4 Å². The number of rotatable bonds is 41. The number of unbranched alkanes of at least 4 members (excludes halogenated alkanes) is 1. The Morgan fingerprint density at radius 1 is 0.750 bits per heavy atom. The molecule has 1 aliphatic carbocycles. The number of benzene rings is 4. The number of nitrogens with one attached hydrogen (secondary N) is 4. The van der Waals surface area contributed by atoms with Gasteiger partial charge in [-0.05, 0) is 118 Å². The minimum atomic E-state index is -1.57. The molecule has 12 N–H and O–H groups in total. The van der Waals surface area contributed by atoms with Crippen LogP contribution in [0.1, 0.15) is 88.7 Å². The molecule has 0 unspecified atom stereocenters. The van der Waals surface area contributed by atoms with Gasteiger partial charge in [-0.2, -0.15) is 0 Å². The Hall–Kier alpha value is -7.35. The van der Waals surface area contributed by atoms with Gasteiger partial charge in [0.2, 0.25) is 11.8 Å². The molecule has 3 amide bonds. The van der Waals surface area contributed by atoms with Gasteiger partial charge < -0.3 is 94.8 Å². The van der Waals surface area contributed by atoms with Crippen molar-refractivity contribution >= 4 is 46.0 Å². The lowest BCUT2D eigenvalue weighted by atomic mass is 9.88. The number of carboxylic acid groups (broad SMARTS) is 1. The molecule has 1 aromatic heterocycles. The Balaban J connectivity index is 0.946. The summed E-state index contributed by atoms with van der Waals surface area (Å²) in [5.41, 5.74) is 10.2. The van der Waals surface area contributed by atoms with E-state index in [-0.39, 0.29) is 49.6 Å². The predicted molar refractivity (Wildman–Crippen MR) is 338 cm³/mol. The van der Waals surface area contributed by atoms with E-state index < -0.39 is 61.1 Å². The fraction of sp³-hybridized carbons (Fsp3) is 0.523. The number of carbonyl (C=O) groups is 4. The van der Waals surface area contributed by atoms with Crippen LogP contribution in [-0.2, 0) is 60.4 Å². The minimum Gasteiger partial charge on any atom is -0.478 e. The number of carboxylic acids is 1. The number of fused-ring (bicyclic) bond motifs is 2. The molecule has 3 heterocycles. The molecule has 1 saturated heterocycles. The number of aromatic carboxylic acids is 1. The fourth-order valence-electron chi connectivity index (χ4n) is 10.2. The van der Waals surface area contributed by atoms with Crippen LogP contribution >= 0.6 is 0 Å². The van der Waals surface area contributed by atoms with E-state index >= 15 is 0 Å². The number of aromatic nitrogens is 3. The van der Waals surface area contributed by atoms with Crippen molar-refractivity contribution in [3.05, 3.63) is 112 Å². The van der Waals surface area contributed by atoms with Crippen molar-refractivity contribution in [3.8, 4) is 22.5 Å². The second-order valence-corrected chi connectivity index (χ2v) is 21.9. The van der Waals surface area contributed by atoms with Gasteiger partial charge in [-0.1, -0.05) is 17.3 Å². The van der Waals surface area contributed by atoms with Crippen molar-refractivity contribution in [1.29, 1.82) is 0 Å². The number of aliphatic hydroxyl groups is 4. The molecule has 7 rings (SSSR count). The molecule has 0 radical (unpaired) electrons. The summed E-state index contributed by atoms with van der Waals surface area (Å²) in [5.74, 6) is -1.81. The van der Waals surface area contributed by atoms with E-state index in [1.165, 1.54) is 16.8 Å². The Bertz CT molecular complexity index is 3320. The number of hydrogen-bond donors (Lipinski definition) is 10. The van der Waals surface area contributed by atoms with Gasteiger partial charge in [-0.25, -0.2) is 9.48 Å². The smallest absolute Gasteiger partial charge is 0.336 e. The minimum absolute atomic E-state index is 0.0183. The molecule has 4 aromatic rings. The second kappa shape index (κ2) is 38.0. The van der Waals surface area contributed by atoms with Crippen LogP contribution in [0.2, 0.25) is 0 Å². The summed E-state index contributed by atoms with van der Waals surface area (Å²) >= 11 is 0. The van der Waals surface area contributed by atoms with E-state index in [4.69, 9.17) is 42.3 Å². The van der Waals surface area contributed by atoms with Gasteiger partial charge in [0.25, 0.3) is 5.91 Å². The number of aliphatic hydroxyl groups excluding tert-OH is 4. The van der Waals surface area contributed by atoms with Crippen LogP contribution in [-0.4, -0.2) is 214 Å². The summed E-state index contributed by atoms with van der Waals surface area (Å²) in [7, 11) is 0. The number of hydrogen-bond acceptors (Lipinski definition) is 21. The molecule has 27 heteroatoms. The maximum absolute atomic E-state index is 14.2. The summed E-state index contributed by atoms with van der Waals surface area (Å²) in [6.07, 6.45) is -3.62. The Kier molecular flexibility index (Phi) is 29.8. The molecule has 502 valence electrons. The lowest BCUT2D eigenvalue weighted by Crippen LogP contribution is -2.59.